The minimum absolute atomic E-state index is 0.0969. The highest BCUT2D eigenvalue weighted by Crippen LogP contribution is 2.30. The van der Waals surface area contributed by atoms with Crippen molar-refractivity contribution >= 4 is 11.7 Å². The van der Waals surface area contributed by atoms with Gasteiger partial charge in [-0.05, 0) is 43.0 Å². The summed E-state index contributed by atoms with van der Waals surface area (Å²) in [5, 5.41) is 13.7. The van der Waals surface area contributed by atoms with E-state index in [4.69, 9.17) is 9.57 Å². The number of rotatable bonds is 8. The summed E-state index contributed by atoms with van der Waals surface area (Å²) in [4.78, 5) is 17.8. The van der Waals surface area contributed by atoms with Crippen molar-refractivity contribution in [3.63, 3.8) is 0 Å². The molecule has 1 aliphatic heterocycles. The highest BCUT2D eigenvalue weighted by molar-refractivity contribution is 6.04. The van der Waals surface area contributed by atoms with Gasteiger partial charge in [-0.3, -0.25) is 4.79 Å². The third-order valence-corrected chi connectivity index (χ3v) is 4.06. The van der Waals surface area contributed by atoms with Crippen molar-refractivity contribution in [2.24, 2.45) is 17.0 Å². The van der Waals surface area contributed by atoms with Crippen LogP contribution >= 0.6 is 0 Å². The fraction of sp³-hybridized carbons (Fsp3) is 0.579. The predicted octanol–water partition coefficient (Wildman–Crippen LogP) is 3.89. The quantitative estimate of drug-likeness (QED) is 0.733. The molecule has 2 rings (SSSR count). The molecule has 2 unspecified atom stereocenters. The molecule has 0 aliphatic carbocycles. The van der Waals surface area contributed by atoms with Crippen LogP contribution in [0, 0.1) is 11.8 Å². The van der Waals surface area contributed by atoms with Crippen LogP contribution in [0.1, 0.15) is 52.0 Å². The number of esters is 1. The second-order valence-electron chi connectivity index (χ2n) is 6.70. The number of phenols is 1. The number of nitrogens with zero attached hydrogens (tertiary/aromatic N) is 1. The molecule has 2 atom stereocenters. The Hall–Kier alpha value is -2.04. The number of carbonyl (C=O) groups is 1. The molecular formula is C19H27NO4. The van der Waals surface area contributed by atoms with Crippen molar-refractivity contribution in [1.29, 1.82) is 0 Å². The number of hydrogen-bond acceptors (Lipinski definition) is 5. The maximum atomic E-state index is 12.2. The van der Waals surface area contributed by atoms with E-state index in [0.29, 0.717) is 12.5 Å². The van der Waals surface area contributed by atoms with Crippen molar-refractivity contribution in [3.8, 4) is 5.75 Å². The summed E-state index contributed by atoms with van der Waals surface area (Å²) >= 11 is 0. The summed E-state index contributed by atoms with van der Waals surface area (Å²) in [6, 6.07) is 6.83. The van der Waals surface area contributed by atoms with E-state index in [2.05, 4.69) is 12.1 Å². The second kappa shape index (κ2) is 8.71. The molecule has 24 heavy (non-hydrogen) atoms. The highest BCUT2D eigenvalue weighted by Gasteiger charge is 2.36. The van der Waals surface area contributed by atoms with Crippen molar-refractivity contribution < 1.29 is 19.5 Å². The Labute approximate surface area is 143 Å². The maximum Gasteiger partial charge on any atom is 0.306 e. The van der Waals surface area contributed by atoms with Gasteiger partial charge < -0.3 is 14.7 Å². The molecule has 0 radical (unpaired) electrons. The molecule has 0 spiro atoms. The third kappa shape index (κ3) is 4.98. The van der Waals surface area contributed by atoms with Gasteiger partial charge in [-0.1, -0.05) is 32.3 Å². The van der Waals surface area contributed by atoms with Gasteiger partial charge in [0.25, 0.3) is 0 Å². The van der Waals surface area contributed by atoms with Gasteiger partial charge in [0.1, 0.15) is 11.9 Å². The molecule has 0 saturated carbocycles. The molecule has 0 fully saturated rings. The van der Waals surface area contributed by atoms with Gasteiger partial charge in [0.2, 0.25) is 0 Å². The minimum atomic E-state index is -0.216. The lowest BCUT2D eigenvalue weighted by Gasteiger charge is -2.18. The average molecular weight is 333 g/mol. The van der Waals surface area contributed by atoms with Gasteiger partial charge in [0.15, 0.2) is 0 Å². The van der Waals surface area contributed by atoms with Crippen molar-refractivity contribution in [2.45, 2.75) is 52.6 Å². The van der Waals surface area contributed by atoms with Gasteiger partial charge in [-0.2, -0.15) is 0 Å². The van der Waals surface area contributed by atoms with E-state index >= 15 is 0 Å². The predicted molar refractivity (Wildman–Crippen MR) is 92.9 cm³/mol. The topological polar surface area (TPSA) is 68.1 Å². The van der Waals surface area contributed by atoms with Crippen LogP contribution in [0.15, 0.2) is 29.4 Å². The first-order chi connectivity index (χ1) is 11.5. The van der Waals surface area contributed by atoms with Crippen LogP contribution < -0.4 is 0 Å². The number of aromatic hydroxyl groups is 1. The smallest absolute Gasteiger partial charge is 0.306 e. The van der Waals surface area contributed by atoms with Crippen LogP contribution in [0.3, 0.4) is 0 Å². The second-order valence-corrected chi connectivity index (χ2v) is 6.70. The van der Waals surface area contributed by atoms with Gasteiger partial charge in [0.05, 0.1) is 24.7 Å². The molecular weight excluding hydrogens is 306 g/mol. The molecule has 5 heteroatoms. The zero-order chi connectivity index (χ0) is 17.5. The summed E-state index contributed by atoms with van der Waals surface area (Å²) in [5.74, 6) is 0.191. The number of benzene rings is 1. The Kier molecular flexibility index (Phi) is 6.64. The summed E-state index contributed by atoms with van der Waals surface area (Å²) in [7, 11) is 0. The molecule has 1 N–H and O–H groups in total. The SMILES string of the molecule is CCCCC1ON=C(c2ccc(O)cc2)C1CC(=O)OCC(C)C. The summed E-state index contributed by atoms with van der Waals surface area (Å²) < 4.78 is 5.33. The first kappa shape index (κ1) is 18.3. The minimum Gasteiger partial charge on any atom is -0.508 e. The van der Waals surface area contributed by atoms with Crippen molar-refractivity contribution in [3.05, 3.63) is 29.8 Å². The first-order valence-electron chi connectivity index (χ1n) is 8.70. The van der Waals surface area contributed by atoms with Crippen LogP contribution in [0.25, 0.3) is 0 Å². The zero-order valence-electron chi connectivity index (χ0n) is 14.7. The van der Waals surface area contributed by atoms with E-state index in [1.807, 2.05) is 13.8 Å². The Morgan fingerprint density at radius 3 is 2.67 bits per heavy atom. The van der Waals surface area contributed by atoms with Crippen LogP contribution in [0.5, 0.6) is 5.75 Å². The largest absolute Gasteiger partial charge is 0.508 e. The Morgan fingerprint density at radius 2 is 2.04 bits per heavy atom. The van der Waals surface area contributed by atoms with E-state index in [1.54, 1.807) is 24.3 Å². The summed E-state index contributed by atoms with van der Waals surface area (Å²) in [6.45, 7) is 6.58. The van der Waals surface area contributed by atoms with Crippen molar-refractivity contribution in [1.82, 2.24) is 0 Å². The van der Waals surface area contributed by atoms with Gasteiger partial charge in [-0.25, -0.2) is 0 Å². The van der Waals surface area contributed by atoms with E-state index < -0.39 is 0 Å². The van der Waals surface area contributed by atoms with Gasteiger partial charge in [-0.15, -0.1) is 0 Å². The fourth-order valence-electron chi connectivity index (χ4n) is 2.73. The van der Waals surface area contributed by atoms with Gasteiger partial charge in [0, 0.05) is 5.56 Å². The molecule has 0 aromatic heterocycles. The number of phenolic OH excluding ortho intramolecular Hbond substituents is 1. The number of hydrogen-bond donors (Lipinski definition) is 1. The lowest BCUT2D eigenvalue weighted by molar-refractivity contribution is -0.146. The summed E-state index contributed by atoms with van der Waals surface area (Å²) in [6.07, 6.45) is 3.13. The van der Waals surface area contributed by atoms with Crippen LogP contribution in [0.4, 0.5) is 0 Å². The normalized spacial score (nSPS) is 19.9. The fourth-order valence-corrected chi connectivity index (χ4v) is 2.73. The Morgan fingerprint density at radius 1 is 1.33 bits per heavy atom. The van der Waals surface area contributed by atoms with E-state index in [9.17, 15) is 9.90 Å². The summed E-state index contributed by atoms with van der Waals surface area (Å²) in [5.41, 5.74) is 1.63. The average Bonchev–Trinajstić information content (AvgIpc) is 2.94. The number of oxime groups is 1. The molecule has 1 aromatic rings. The van der Waals surface area contributed by atoms with E-state index in [-0.39, 0.29) is 30.2 Å². The lowest BCUT2D eigenvalue weighted by atomic mass is 9.87. The van der Waals surface area contributed by atoms with Crippen LogP contribution in [-0.2, 0) is 14.4 Å². The zero-order valence-corrected chi connectivity index (χ0v) is 14.7. The number of unbranched alkanes of at least 4 members (excludes halogenated alkanes) is 1. The molecule has 0 bridgehead atoms. The monoisotopic (exact) mass is 333 g/mol. The molecule has 0 amide bonds. The molecule has 0 saturated heterocycles. The number of ether oxygens (including phenoxy) is 1. The molecule has 5 nitrogen and oxygen atoms in total. The molecule has 1 aliphatic rings. The number of carbonyl (C=O) groups excluding carboxylic acids is 1. The Balaban J connectivity index is 2.10. The van der Waals surface area contributed by atoms with Crippen molar-refractivity contribution in [2.75, 3.05) is 6.61 Å². The van der Waals surface area contributed by atoms with Crippen LogP contribution in [0.2, 0.25) is 0 Å². The van der Waals surface area contributed by atoms with E-state index in [1.165, 1.54) is 0 Å². The van der Waals surface area contributed by atoms with Gasteiger partial charge >= 0.3 is 5.97 Å². The lowest BCUT2D eigenvalue weighted by Crippen LogP contribution is -2.28. The van der Waals surface area contributed by atoms with Crippen LogP contribution in [-0.4, -0.2) is 29.5 Å². The molecule has 132 valence electrons. The Bertz CT molecular complexity index is 565. The highest BCUT2D eigenvalue weighted by atomic mass is 16.6. The first-order valence-corrected chi connectivity index (χ1v) is 8.70. The molecule has 1 heterocycles. The standard InChI is InChI=1S/C19H27NO4/c1-4-5-6-17-16(11-18(22)23-12-13(2)3)19(20-24-17)14-7-9-15(21)10-8-14/h7-10,13,16-17,21H,4-6,11-12H2,1-3H3. The third-order valence-electron chi connectivity index (χ3n) is 4.06. The van der Waals surface area contributed by atoms with E-state index in [0.717, 1.165) is 30.5 Å². The maximum absolute atomic E-state index is 12.2. The molecule has 1 aromatic carbocycles.